The molecule has 1 unspecified atom stereocenters. The SMILES string of the molecule is C=CCOc1ccc(C2C(C(=O)OC)=C(C)NC3=C2C(=O)c2ccccc23)cc1Cl. The van der Waals surface area contributed by atoms with E-state index in [1.54, 1.807) is 31.2 Å². The molecular weight excluding hydrogens is 402 g/mol. The van der Waals surface area contributed by atoms with Gasteiger partial charge in [0.1, 0.15) is 12.4 Å². The number of allylic oxidation sites excluding steroid dienone is 2. The molecule has 0 amide bonds. The van der Waals surface area contributed by atoms with Crippen molar-refractivity contribution in [3.05, 3.63) is 93.7 Å². The predicted octanol–water partition coefficient (Wildman–Crippen LogP) is 4.65. The molecule has 0 saturated carbocycles. The molecule has 0 radical (unpaired) electrons. The lowest BCUT2D eigenvalue weighted by molar-refractivity contribution is -0.136. The quantitative estimate of drug-likeness (QED) is 0.562. The van der Waals surface area contributed by atoms with Gasteiger partial charge in [0.2, 0.25) is 0 Å². The number of methoxy groups -OCH3 is 1. The highest BCUT2D eigenvalue weighted by Gasteiger charge is 2.42. The number of rotatable bonds is 5. The summed E-state index contributed by atoms with van der Waals surface area (Å²) in [5.74, 6) is -0.720. The van der Waals surface area contributed by atoms with Gasteiger partial charge in [0, 0.05) is 28.3 Å². The van der Waals surface area contributed by atoms with Crippen LogP contribution in [0.5, 0.6) is 5.75 Å². The maximum Gasteiger partial charge on any atom is 0.336 e. The van der Waals surface area contributed by atoms with E-state index >= 15 is 0 Å². The largest absolute Gasteiger partial charge is 0.488 e. The second-order valence-corrected chi connectivity index (χ2v) is 7.45. The fourth-order valence-electron chi connectivity index (χ4n) is 4.01. The summed E-state index contributed by atoms with van der Waals surface area (Å²) in [4.78, 5) is 26.0. The van der Waals surface area contributed by atoms with Gasteiger partial charge in [-0.2, -0.15) is 0 Å². The van der Waals surface area contributed by atoms with Gasteiger partial charge in [-0.25, -0.2) is 4.79 Å². The van der Waals surface area contributed by atoms with Crippen LogP contribution < -0.4 is 10.1 Å². The van der Waals surface area contributed by atoms with Crippen LogP contribution in [-0.2, 0) is 9.53 Å². The number of ketones is 1. The second kappa shape index (κ2) is 7.84. The molecule has 1 heterocycles. The summed E-state index contributed by atoms with van der Waals surface area (Å²) in [5.41, 5.74) is 4.39. The normalized spacial score (nSPS) is 17.3. The van der Waals surface area contributed by atoms with Crippen molar-refractivity contribution in [2.45, 2.75) is 12.8 Å². The molecule has 2 aliphatic rings. The van der Waals surface area contributed by atoms with Gasteiger partial charge in [-0.05, 0) is 24.6 Å². The number of hydrogen-bond acceptors (Lipinski definition) is 5. The minimum atomic E-state index is -0.612. The lowest BCUT2D eigenvalue weighted by atomic mass is 9.80. The molecule has 0 spiro atoms. The van der Waals surface area contributed by atoms with Gasteiger partial charge in [-0.15, -0.1) is 0 Å². The maximum absolute atomic E-state index is 13.3. The second-order valence-electron chi connectivity index (χ2n) is 7.04. The van der Waals surface area contributed by atoms with Crippen LogP contribution in [0.1, 0.15) is 34.3 Å². The first kappa shape index (κ1) is 20.0. The highest BCUT2D eigenvalue weighted by Crippen LogP contribution is 2.47. The smallest absolute Gasteiger partial charge is 0.336 e. The zero-order valence-electron chi connectivity index (χ0n) is 16.6. The Hall–Kier alpha value is -3.31. The third kappa shape index (κ3) is 3.12. The maximum atomic E-state index is 13.3. The summed E-state index contributed by atoms with van der Waals surface area (Å²) in [5, 5.41) is 3.64. The van der Waals surface area contributed by atoms with E-state index < -0.39 is 11.9 Å². The van der Waals surface area contributed by atoms with Gasteiger partial charge in [0.15, 0.2) is 5.78 Å². The fraction of sp³-hybridized carbons (Fsp3) is 0.167. The lowest BCUT2D eigenvalue weighted by Gasteiger charge is -2.29. The van der Waals surface area contributed by atoms with Gasteiger partial charge in [0.05, 0.1) is 23.4 Å². The fourth-order valence-corrected chi connectivity index (χ4v) is 4.25. The molecule has 0 saturated heterocycles. The third-order valence-corrected chi connectivity index (χ3v) is 5.60. The Kier molecular flexibility index (Phi) is 5.22. The molecule has 4 rings (SSSR count). The zero-order chi connectivity index (χ0) is 21.4. The number of esters is 1. The molecular formula is C24H20ClNO4. The summed E-state index contributed by atoms with van der Waals surface area (Å²) < 4.78 is 10.6. The number of Topliss-reactive ketones (excluding diaryl/α,β-unsaturated/α-hetero) is 1. The van der Waals surface area contributed by atoms with Crippen LogP contribution in [0.25, 0.3) is 5.70 Å². The summed E-state index contributed by atoms with van der Waals surface area (Å²) in [6, 6.07) is 12.7. The van der Waals surface area contributed by atoms with E-state index in [-0.39, 0.29) is 5.78 Å². The topological polar surface area (TPSA) is 64.6 Å². The van der Waals surface area contributed by atoms with Crippen molar-refractivity contribution in [1.82, 2.24) is 5.32 Å². The van der Waals surface area contributed by atoms with Gasteiger partial charge < -0.3 is 14.8 Å². The average molecular weight is 422 g/mol. The predicted molar refractivity (Wildman–Crippen MR) is 115 cm³/mol. The van der Waals surface area contributed by atoms with Crippen LogP contribution in [0, 0.1) is 0 Å². The molecule has 152 valence electrons. The zero-order valence-corrected chi connectivity index (χ0v) is 17.4. The van der Waals surface area contributed by atoms with Gasteiger partial charge in [-0.1, -0.05) is 54.6 Å². The van der Waals surface area contributed by atoms with Gasteiger partial charge in [0.25, 0.3) is 0 Å². The minimum Gasteiger partial charge on any atom is -0.488 e. The van der Waals surface area contributed by atoms with E-state index in [0.29, 0.717) is 51.0 Å². The molecule has 1 N–H and O–H groups in total. The third-order valence-electron chi connectivity index (χ3n) is 5.30. The number of carbonyl (C=O) groups is 2. The van der Waals surface area contributed by atoms with Crippen LogP contribution in [0.3, 0.4) is 0 Å². The van der Waals surface area contributed by atoms with Crippen LogP contribution in [0.15, 0.2) is 72.0 Å². The first-order valence-corrected chi connectivity index (χ1v) is 9.83. The molecule has 0 aromatic heterocycles. The molecule has 1 aliphatic heterocycles. The first-order valence-electron chi connectivity index (χ1n) is 9.45. The summed E-state index contributed by atoms with van der Waals surface area (Å²) >= 11 is 6.44. The highest BCUT2D eigenvalue weighted by molar-refractivity contribution is 6.32. The van der Waals surface area contributed by atoms with Crippen LogP contribution >= 0.6 is 11.6 Å². The molecule has 5 nitrogen and oxygen atoms in total. The molecule has 0 bridgehead atoms. The van der Waals surface area contributed by atoms with Crippen molar-refractivity contribution < 1.29 is 19.1 Å². The van der Waals surface area contributed by atoms with Crippen molar-refractivity contribution >= 4 is 29.1 Å². The van der Waals surface area contributed by atoms with Gasteiger partial charge in [-0.3, -0.25) is 4.79 Å². The number of halogens is 1. The Morgan fingerprint density at radius 1 is 1.23 bits per heavy atom. The van der Waals surface area contributed by atoms with E-state index in [2.05, 4.69) is 11.9 Å². The number of dihydropyridines is 1. The Morgan fingerprint density at radius 3 is 2.63 bits per heavy atom. The number of fused-ring (bicyclic) bond motifs is 2. The van der Waals surface area contributed by atoms with Crippen LogP contribution in [0.2, 0.25) is 5.02 Å². The summed E-state index contributed by atoms with van der Waals surface area (Å²) in [6.45, 7) is 5.76. The number of nitrogens with one attached hydrogen (secondary N) is 1. The molecule has 6 heteroatoms. The van der Waals surface area contributed by atoms with E-state index in [9.17, 15) is 9.59 Å². The highest BCUT2D eigenvalue weighted by atomic mass is 35.5. The van der Waals surface area contributed by atoms with Crippen molar-refractivity contribution in [3.8, 4) is 5.75 Å². The Bertz CT molecular complexity index is 1150. The molecule has 30 heavy (non-hydrogen) atoms. The molecule has 1 atom stereocenters. The Balaban J connectivity index is 1.88. The molecule has 1 aliphatic carbocycles. The van der Waals surface area contributed by atoms with Crippen molar-refractivity contribution in [2.75, 3.05) is 13.7 Å². The van der Waals surface area contributed by atoms with Crippen molar-refractivity contribution in [2.24, 2.45) is 0 Å². The number of hydrogen-bond donors (Lipinski definition) is 1. The van der Waals surface area contributed by atoms with E-state index in [0.717, 1.165) is 5.56 Å². The number of carbonyl (C=O) groups excluding carboxylic acids is 2. The summed E-state index contributed by atoms with van der Waals surface area (Å²) in [6.07, 6.45) is 1.63. The molecule has 0 fully saturated rings. The number of ether oxygens (including phenoxy) is 2. The van der Waals surface area contributed by atoms with Gasteiger partial charge >= 0.3 is 5.97 Å². The number of benzene rings is 2. The van der Waals surface area contributed by atoms with E-state index in [1.807, 2.05) is 24.3 Å². The molecule has 2 aromatic carbocycles. The molecule has 2 aromatic rings. The van der Waals surface area contributed by atoms with Crippen LogP contribution in [0.4, 0.5) is 0 Å². The Labute approximate surface area is 179 Å². The summed E-state index contributed by atoms with van der Waals surface area (Å²) in [7, 11) is 1.33. The first-order chi connectivity index (χ1) is 14.5. The monoisotopic (exact) mass is 421 g/mol. The lowest BCUT2D eigenvalue weighted by Crippen LogP contribution is -2.29. The van der Waals surface area contributed by atoms with Crippen LogP contribution in [-0.4, -0.2) is 25.5 Å². The van der Waals surface area contributed by atoms with Crippen molar-refractivity contribution in [1.29, 1.82) is 0 Å². The minimum absolute atomic E-state index is 0.116. The van der Waals surface area contributed by atoms with E-state index in [4.69, 9.17) is 21.1 Å². The van der Waals surface area contributed by atoms with E-state index in [1.165, 1.54) is 7.11 Å². The van der Waals surface area contributed by atoms with Crippen molar-refractivity contribution in [3.63, 3.8) is 0 Å². The standard InChI is InChI=1S/C24H20ClNO4/c1-4-11-30-18-10-9-14(12-17(18)25)20-19(24(28)29-3)13(2)26-22-15-7-5-6-8-16(15)23(27)21(20)22/h4-10,12,20,26H,1,11H2,2-3H3. The average Bonchev–Trinajstić information content (AvgIpc) is 3.03. The Morgan fingerprint density at radius 2 is 1.97 bits per heavy atom.